The molecule has 0 spiro atoms. The van der Waals surface area contributed by atoms with Crippen molar-refractivity contribution in [2.75, 3.05) is 11.9 Å². The van der Waals surface area contributed by atoms with Crippen molar-refractivity contribution in [1.29, 1.82) is 0 Å². The van der Waals surface area contributed by atoms with E-state index in [1.807, 2.05) is 0 Å². The third-order valence-corrected chi connectivity index (χ3v) is 1.90. The summed E-state index contributed by atoms with van der Waals surface area (Å²) < 4.78 is 0. The topological polar surface area (TPSA) is 74.2 Å². The lowest BCUT2D eigenvalue weighted by Crippen LogP contribution is -2.34. The van der Waals surface area contributed by atoms with E-state index in [0.29, 0.717) is 5.13 Å². The van der Waals surface area contributed by atoms with E-state index in [-0.39, 0.29) is 12.6 Å². The Labute approximate surface area is 79.8 Å². The molecule has 0 fully saturated rings. The van der Waals surface area contributed by atoms with Gasteiger partial charge in [-0.3, -0.25) is 5.32 Å². The molecule has 6 heteroatoms. The number of nitrogens with one attached hydrogen (secondary N) is 2. The molecule has 5 nitrogen and oxygen atoms in total. The van der Waals surface area contributed by atoms with Gasteiger partial charge in [-0.25, -0.2) is 9.78 Å². The Morgan fingerprint density at radius 3 is 3.15 bits per heavy atom. The molecule has 0 bridgehead atoms. The fourth-order valence-corrected chi connectivity index (χ4v) is 1.19. The molecule has 1 atom stereocenters. The number of thiazole rings is 1. The lowest BCUT2D eigenvalue weighted by atomic mass is 10.4. The molecule has 1 aromatic rings. The monoisotopic (exact) mass is 201 g/mol. The minimum Gasteiger partial charge on any atom is -0.392 e. The van der Waals surface area contributed by atoms with Gasteiger partial charge < -0.3 is 10.4 Å². The second-order valence-corrected chi connectivity index (χ2v) is 3.42. The molecule has 1 aromatic heterocycles. The number of urea groups is 1. The standard InChI is InChI=1S/C7H11N3O2S/c1-5(11)4-9-6(12)10-7-8-2-3-13-7/h2-3,5,11H,4H2,1H3,(H2,8,9,10,12). The maximum atomic E-state index is 11.0. The van der Waals surface area contributed by atoms with Gasteiger partial charge in [-0.05, 0) is 6.92 Å². The summed E-state index contributed by atoms with van der Waals surface area (Å²) in [6.07, 6.45) is 1.07. The maximum Gasteiger partial charge on any atom is 0.321 e. The molecule has 0 saturated heterocycles. The van der Waals surface area contributed by atoms with E-state index in [0.717, 1.165) is 0 Å². The molecule has 0 aromatic carbocycles. The SMILES string of the molecule is CC(O)CNC(=O)Nc1nccs1. The summed E-state index contributed by atoms with van der Waals surface area (Å²) >= 11 is 1.34. The van der Waals surface area contributed by atoms with Crippen LogP contribution in [0.3, 0.4) is 0 Å². The molecule has 13 heavy (non-hydrogen) atoms. The number of anilines is 1. The second kappa shape index (κ2) is 4.78. The fourth-order valence-electron chi connectivity index (χ4n) is 0.667. The minimum atomic E-state index is -0.540. The molecule has 0 aliphatic rings. The second-order valence-electron chi connectivity index (χ2n) is 2.52. The van der Waals surface area contributed by atoms with Gasteiger partial charge in [0.15, 0.2) is 5.13 Å². The van der Waals surface area contributed by atoms with Gasteiger partial charge in [0, 0.05) is 18.1 Å². The third kappa shape index (κ3) is 3.86. The Bertz CT molecular complexity index is 261. The van der Waals surface area contributed by atoms with Crippen LogP contribution in [0.5, 0.6) is 0 Å². The Balaban J connectivity index is 2.26. The quantitative estimate of drug-likeness (QED) is 0.672. The first kappa shape index (κ1) is 9.94. The lowest BCUT2D eigenvalue weighted by Gasteiger charge is -2.06. The van der Waals surface area contributed by atoms with Crippen LogP contribution in [-0.2, 0) is 0 Å². The van der Waals surface area contributed by atoms with Crippen molar-refractivity contribution in [3.63, 3.8) is 0 Å². The minimum absolute atomic E-state index is 0.233. The normalized spacial score (nSPS) is 12.2. The maximum absolute atomic E-state index is 11.0. The number of hydrogen-bond donors (Lipinski definition) is 3. The van der Waals surface area contributed by atoms with Gasteiger partial charge in [0.1, 0.15) is 0 Å². The molecule has 1 heterocycles. The Morgan fingerprint density at radius 1 is 1.85 bits per heavy atom. The summed E-state index contributed by atoms with van der Waals surface area (Å²) in [4.78, 5) is 14.9. The van der Waals surface area contributed by atoms with E-state index in [1.54, 1.807) is 18.5 Å². The molecule has 0 aliphatic heterocycles. The zero-order chi connectivity index (χ0) is 9.68. The van der Waals surface area contributed by atoms with Gasteiger partial charge in [0.05, 0.1) is 6.10 Å². The van der Waals surface area contributed by atoms with Crippen LogP contribution in [0.15, 0.2) is 11.6 Å². The Hall–Kier alpha value is -1.14. The largest absolute Gasteiger partial charge is 0.392 e. The molecule has 1 rings (SSSR count). The summed E-state index contributed by atoms with van der Waals surface area (Å²) in [5.41, 5.74) is 0. The van der Waals surface area contributed by atoms with Crippen LogP contribution in [0, 0.1) is 0 Å². The first-order valence-electron chi connectivity index (χ1n) is 3.81. The third-order valence-electron chi connectivity index (χ3n) is 1.21. The number of aromatic nitrogens is 1. The molecule has 2 amide bonds. The average molecular weight is 201 g/mol. The first-order chi connectivity index (χ1) is 6.18. The highest BCUT2D eigenvalue weighted by Gasteiger charge is 2.03. The zero-order valence-corrected chi connectivity index (χ0v) is 7.97. The number of carbonyl (C=O) groups is 1. The van der Waals surface area contributed by atoms with Gasteiger partial charge in [-0.1, -0.05) is 0 Å². The fraction of sp³-hybridized carbons (Fsp3) is 0.429. The zero-order valence-electron chi connectivity index (χ0n) is 7.15. The van der Waals surface area contributed by atoms with Crippen molar-refractivity contribution in [2.24, 2.45) is 0 Å². The van der Waals surface area contributed by atoms with Crippen molar-refractivity contribution >= 4 is 22.5 Å². The van der Waals surface area contributed by atoms with Crippen molar-refractivity contribution in [3.05, 3.63) is 11.6 Å². The van der Waals surface area contributed by atoms with E-state index in [1.165, 1.54) is 11.3 Å². The Kier molecular flexibility index (Phi) is 3.66. The molecule has 0 aliphatic carbocycles. The molecule has 1 unspecified atom stereocenters. The number of carbonyl (C=O) groups excluding carboxylic acids is 1. The number of rotatable bonds is 3. The summed E-state index contributed by atoms with van der Waals surface area (Å²) in [6.45, 7) is 1.83. The van der Waals surface area contributed by atoms with Gasteiger partial charge in [0.2, 0.25) is 0 Å². The van der Waals surface area contributed by atoms with Gasteiger partial charge >= 0.3 is 6.03 Å². The first-order valence-corrected chi connectivity index (χ1v) is 4.69. The van der Waals surface area contributed by atoms with Crippen molar-refractivity contribution in [2.45, 2.75) is 13.0 Å². The van der Waals surface area contributed by atoms with Crippen LogP contribution in [-0.4, -0.2) is 28.8 Å². The summed E-state index contributed by atoms with van der Waals surface area (Å²) in [6, 6.07) is -0.351. The van der Waals surface area contributed by atoms with Crippen LogP contribution < -0.4 is 10.6 Å². The van der Waals surface area contributed by atoms with Gasteiger partial charge in [-0.2, -0.15) is 0 Å². The van der Waals surface area contributed by atoms with Gasteiger partial charge in [0.25, 0.3) is 0 Å². The van der Waals surface area contributed by atoms with Crippen molar-refractivity contribution < 1.29 is 9.90 Å². The van der Waals surface area contributed by atoms with Crippen molar-refractivity contribution in [3.8, 4) is 0 Å². The molecule has 0 radical (unpaired) electrons. The average Bonchev–Trinajstić information content (AvgIpc) is 2.53. The smallest absolute Gasteiger partial charge is 0.321 e. The lowest BCUT2D eigenvalue weighted by molar-refractivity contribution is 0.190. The van der Waals surface area contributed by atoms with Crippen LogP contribution in [0.1, 0.15) is 6.92 Å². The highest BCUT2D eigenvalue weighted by atomic mass is 32.1. The van der Waals surface area contributed by atoms with E-state index in [9.17, 15) is 4.79 Å². The van der Waals surface area contributed by atoms with Crippen LogP contribution >= 0.6 is 11.3 Å². The van der Waals surface area contributed by atoms with Gasteiger partial charge in [-0.15, -0.1) is 11.3 Å². The number of hydrogen-bond acceptors (Lipinski definition) is 4. The summed E-state index contributed by atoms with van der Waals surface area (Å²) in [5, 5.41) is 16.2. The van der Waals surface area contributed by atoms with E-state index >= 15 is 0 Å². The predicted molar refractivity (Wildman–Crippen MR) is 50.8 cm³/mol. The Morgan fingerprint density at radius 2 is 2.62 bits per heavy atom. The van der Waals surface area contributed by atoms with Crippen LogP contribution in [0.2, 0.25) is 0 Å². The van der Waals surface area contributed by atoms with Crippen LogP contribution in [0.4, 0.5) is 9.93 Å². The summed E-state index contributed by atoms with van der Waals surface area (Å²) in [7, 11) is 0. The van der Waals surface area contributed by atoms with E-state index < -0.39 is 6.10 Å². The predicted octanol–water partition coefficient (Wildman–Crippen LogP) is 0.645. The highest BCUT2D eigenvalue weighted by molar-refractivity contribution is 7.13. The number of amides is 2. The molecule has 72 valence electrons. The van der Waals surface area contributed by atoms with E-state index in [2.05, 4.69) is 15.6 Å². The summed E-state index contributed by atoms with van der Waals surface area (Å²) in [5.74, 6) is 0. The molecule has 3 N–H and O–H groups in total. The molecule has 0 saturated carbocycles. The van der Waals surface area contributed by atoms with Crippen LogP contribution in [0.25, 0.3) is 0 Å². The number of aliphatic hydroxyl groups is 1. The molecular weight excluding hydrogens is 190 g/mol. The highest BCUT2D eigenvalue weighted by Crippen LogP contribution is 2.09. The number of aliphatic hydroxyl groups excluding tert-OH is 1. The molecular formula is C7H11N3O2S. The number of nitrogens with zero attached hydrogens (tertiary/aromatic N) is 1. The van der Waals surface area contributed by atoms with Crippen molar-refractivity contribution in [1.82, 2.24) is 10.3 Å². The van der Waals surface area contributed by atoms with E-state index in [4.69, 9.17) is 5.11 Å².